The number of hydrazine groups is 1. The Hall–Kier alpha value is -2.03. The van der Waals surface area contributed by atoms with E-state index in [4.69, 9.17) is 12.2 Å². The van der Waals surface area contributed by atoms with E-state index in [1.807, 2.05) is 6.07 Å². The number of aromatic amines is 1. The van der Waals surface area contributed by atoms with E-state index in [1.165, 1.54) is 0 Å². The van der Waals surface area contributed by atoms with Crippen LogP contribution in [0.5, 0.6) is 5.75 Å². The van der Waals surface area contributed by atoms with Crippen LogP contribution < -0.4 is 10.9 Å². The van der Waals surface area contributed by atoms with Crippen LogP contribution in [0.4, 0.5) is 0 Å². The van der Waals surface area contributed by atoms with E-state index in [2.05, 4.69) is 33.1 Å². The molecule has 1 aliphatic heterocycles. The second-order valence-corrected chi connectivity index (χ2v) is 5.40. The summed E-state index contributed by atoms with van der Waals surface area (Å²) in [7, 11) is 0. The van der Waals surface area contributed by atoms with Crippen LogP contribution in [-0.2, 0) is 0 Å². The van der Waals surface area contributed by atoms with Crippen LogP contribution in [0.3, 0.4) is 0 Å². The van der Waals surface area contributed by atoms with Gasteiger partial charge in [-0.2, -0.15) is 14.9 Å². The van der Waals surface area contributed by atoms with Gasteiger partial charge >= 0.3 is 0 Å². The molecule has 7 nitrogen and oxygen atoms in total. The third-order valence-corrected chi connectivity index (χ3v) is 3.54. The number of hydrogen-bond donors (Lipinski definition) is 4. The van der Waals surface area contributed by atoms with Crippen LogP contribution in [0.1, 0.15) is 30.8 Å². The van der Waals surface area contributed by atoms with Crippen LogP contribution >= 0.6 is 12.2 Å². The standard InChI is InChI=1S/C13H16N6OS/c1-8-5-11(16-15-8)12-17-18-13(21)19(12)14-7-9-3-2-4-10(20)6-9/h2-4,6-8,11,15-16,20H,5H2,1H3,(H,18,21)/b14-7+. The fourth-order valence-electron chi connectivity index (χ4n) is 2.25. The molecule has 0 aliphatic carbocycles. The largest absolute Gasteiger partial charge is 0.508 e. The van der Waals surface area contributed by atoms with Gasteiger partial charge in [0.1, 0.15) is 5.75 Å². The average molecular weight is 304 g/mol. The second-order valence-electron chi connectivity index (χ2n) is 5.02. The van der Waals surface area contributed by atoms with Gasteiger partial charge in [-0.15, -0.1) is 0 Å². The Balaban J connectivity index is 1.88. The summed E-state index contributed by atoms with van der Waals surface area (Å²) in [6.45, 7) is 2.09. The van der Waals surface area contributed by atoms with Crippen LogP contribution in [0.2, 0.25) is 0 Å². The molecule has 3 rings (SSSR count). The van der Waals surface area contributed by atoms with E-state index in [-0.39, 0.29) is 11.8 Å². The molecule has 0 radical (unpaired) electrons. The molecule has 1 fully saturated rings. The third-order valence-electron chi connectivity index (χ3n) is 3.27. The molecule has 0 spiro atoms. The molecule has 110 valence electrons. The summed E-state index contributed by atoms with van der Waals surface area (Å²) in [5.41, 5.74) is 7.11. The van der Waals surface area contributed by atoms with Crippen molar-refractivity contribution in [3.8, 4) is 5.75 Å². The summed E-state index contributed by atoms with van der Waals surface area (Å²) in [6, 6.07) is 7.27. The van der Waals surface area contributed by atoms with Crippen molar-refractivity contribution in [1.29, 1.82) is 0 Å². The third kappa shape index (κ3) is 3.02. The number of benzene rings is 1. The quantitative estimate of drug-likeness (QED) is 0.509. The van der Waals surface area contributed by atoms with E-state index in [0.29, 0.717) is 10.8 Å². The van der Waals surface area contributed by atoms with Crippen LogP contribution in [0, 0.1) is 4.77 Å². The number of aromatic nitrogens is 3. The Morgan fingerprint density at radius 1 is 1.48 bits per heavy atom. The van der Waals surface area contributed by atoms with Crippen LogP contribution in [-0.4, -0.2) is 32.2 Å². The smallest absolute Gasteiger partial charge is 0.216 e. The van der Waals surface area contributed by atoms with Crippen molar-refractivity contribution in [2.45, 2.75) is 25.4 Å². The second kappa shape index (κ2) is 5.76. The Morgan fingerprint density at radius 2 is 2.33 bits per heavy atom. The molecule has 2 heterocycles. The number of phenolic OH excluding ortho intramolecular Hbond substituents is 1. The monoisotopic (exact) mass is 304 g/mol. The predicted octanol–water partition coefficient (Wildman–Crippen LogP) is 1.46. The first-order valence-electron chi connectivity index (χ1n) is 6.65. The Bertz CT molecular complexity index is 721. The Kier molecular flexibility index (Phi) is 3.82. The van der Waals surface area contributed by atoms with Gasteiger partial charge < -0.3 is 5.11 Å². The van der Waals surface area contributed by atoms with Gasteiger partial charge in [0.2, 0.25) is 4.77 Å². The predicted molar refractivity (Wildman–Crippen MR) is 81.6 cm³/mol. The molecule has 0 amide bonds. The van der Waals surface area contributed by atoms with Crippen molar-refractivity contribution < 1.29 is 5.11 Å². The van der Waals surface area contributed by atoms with Crippen molar-refractivity contribution >= 4 is 18.4 Å². The number of phenols is 1. The maximum Gasteiger partial charge on any atom is 0.216 e. The summed E-state index contributed by atoms with van der Waals surface area (Å²) in [5.74, 6) is 0.929. The molecule has 1 aliphatic rings. The summed E-state index contributed by atoms with van der Waals surface area (Å²) in [6.07, 6.45) is 2.54. The maximum atomic E-state index is 9.46. The minimum Gasteiger partial charge on any atom is -0.508 e. The molecule has 21 heavy (non-hydrogen) atoms. The summed E-state index contributed by atoms with van der Waals surface area (Å²) in [4.78, 5) is 0. The van der Waals surface area contributed by atoms with E-state index in [1.54, 1.807) is 29.1 Å². The SMILES string of the molecule is CC1CC(c2n[nH]c(=S)n2/N=C/c2cccc(O)c2)NN1. The van der Waals surface area contributed by atoms with E-state index in [0.717, 1.165) is 17.8 Å². The molecule has 0 saturated carbocycles. The topological polar surface area (TPSA) is 90.3 Å². The van der Waals surface area contributed by atoms with E-state index < -0.39 is 0 Å². The van der Waals surface area contributed by atoms with Gasteiger partial charge in [0, 0.05) is 6.04 Å². The lowest BCUT2D eigenvalue weighted by Gasteiger charge is -2.07. The lowest BCUT2D eigenvalue weighted by Crippen LogP contribution is -2.29. The normalized spacial score (nSPS) is 22.1. The summed E-state index contributed by atoms with van der Waals surface area (Å²) >= 11 is 5.21. The van der Waals surface area contributed by atoms with Crippen molar-refractivity contribution in [3.63, 3.8) is 0 Å². The molecule has 2 aromatic rings. The fraction of sp³-hybridized carbons (Fsp3) is 0.308. The van der Waals surface area contributed by atoms with Crippen LogP contribution in [0.15, 0.2) is 29.4 Å². The first kappa shape index (κ1) is 13.9. The zero-order valence-corrected chi connectivity index (χ0v) is 12.3. The lowest BCUT2D eigenvalue weighted by molar-refractivity contribution is 0.475. The maximum absolute atomic E-state index is 9.46. The van der Waals surface area contributed by atoms with Crippen molar-refractivity contribution in [2.24, 2.45) is 5.10 Å². The number of hydrogen-bond acceptors (Lipinski definition) is 6. The number of nitrogens with one attached hydrogen (secondary N) is 3. The Labute approximate surface area is 126 Å². The van der Waals surface area contributed by atoms with Gasteiger partial charge in [-0.05, 0) is 43.3 Å². The van der Waals surface area contributed by atoms with Crippen molar-refractivity contribution in [2.75, 3.05) is 0 Å². The molecule has 2 atom stereocenters. The highest BCUT2D eigenvalue weighted by atomic mass is 32.1. The molecule has 2 unspecified atom stereocenters. The van der Waals surface area contributed by atoms with Crippen molar-refractivity contribution in [3.05, 3.63) is 40.4 Å². The molecular weight excluding hydrogens is 288 g/mol. The lowest BCUT2D eigenvalue weighted by atomic mass is 10.1. The molecule has 1 aromatic carbocycles. The first-order chi connectivity index (χ1) is 10.1. The summed E-state index contributed by atoms with van der Waals surface area (Å²) in [5, 5.41) is 20.8. The molecule has 1 saturated heterocycles. The first-order valence-corrected chi connectivity index (χ1v) is 7.06. The van der Waals surface area contributed by atoms with Crippen LogP contribution in [0.25, 0.3) is 0 Å². The molecule has 8 heteroatoms. The highest BCUT2D eigenvalue weighted by Gasteiger charge is 2.26. The highest BCUT2D eigenvalue weighted by molar-refractivity contribution is 7.71. The van der Waals surface area contributed by atoms with Gasteiger partial charge in [0.25, 0.3) is 0 Å². The minimum atomic E-state index is 0.0503. The number of nitrogens with zero attached hydrogens (tertiary/aromatic N) is 3. The molecule has 4 N–H and O–H groups in total. The minimum absolute atomic E-state index is 0.0503. The van der Waals surface area contributed by atoms with Gasteiger partial charge in [0.05, 0.1) is 12.3 Å². The van der Waals surface area contributed by atoms with Gasteiger partial charge in [-0.3, -0.25) is 10.5 Å². The van der Waals surface area contributed by atoms with Crippen molar-refractivity contribution in [1.82, 2.24) is 25.7 Å². The van der Waals surface area contributed by atoms with E-state index in [9.17, 15) is 5.11 Å². The average Bonchev–Trinajstić information content (AvgIpc) is 3.03. The highest BCUT2D eigenvalue weighted by Crippen LogP contribution is 2.20. The molecule has 1 aromatic heterocycles. The van der Waals surface area contributed by atoms with Gasteiger partial charge in [-0.25, -0.2) is 5.43 Å². The van der Waals surface area contributed by atoms with Gasteiger partial charge in [-0.1, -0.05) is 12.1 Å². The number of rotatable bonds is 3. The number of aromatic hydroxyl groups is 1. The molecular formula is C13H16N6OS. The molecule has 0 bridgehead atoms. The fourth-order valence-corrected chi connectivity index (χ4v) is 2.44. The summed E-state index contributed by atoms with van der Waals surface area (Å²) < 4.78 is 2.03. The zero-order chi connectivity index (χ0) is 14.8. The van der Waals surface area contributed by atoms with E-state index >= 15 is 0 Å². The number of H-pyrrole nitrogens is 1. The Morgan fingerprint density at radius 3 is 3.05 bits per heavy atom. The zero-order valence-electron chi connectivity index (χ0n) is 11.4. The van der Waals surface area contributed by atoms with Gasteiger partial charge in [0.15, 0.2) is 5.82 Å².